The van der Waals surface area contributed by atoms with Crippen molar-refractivity contribution in [2.45, 2.75) is 25.8 Å². The van der Waals surface area contributed by atoms with E-state index in [1.807, 2.05) is 35.8 Å². The van der Waals surface area contributed by atoms with Crippen molar-refractivity contribution in [3.8, 4) is 11.1 Å². The van der Waals surface area contributed by atoms with Crippen LogP contribution in [0.25, 0.3) is 11.1 Å². The van der Waals surface area contributed by atoms with Gasteiger partial charge in [0.05, 0.1) is 6.54 Å². The molecule has 0 atom stereocenters. The Bertz CT molecular complexity index is 972. The molecule has 0 unspecified atom stereocenters. The summed E-state index contributed by atoms with van der Waals surface area (Å²) in [6.07, 6.45) is 5.72. The zero-order chi connectivity index (χ0) is 21.6. The number of carboxylic acid groups (broad SMARTS) is 1. The lowest BCUT2D eigenvalue weighted by Gasteiger charge is -2.33. The minimum Gasteiger partial charge on any atom is -0.465 e. The van der Waals surface area contributed by atoms with E-state index in [1.165, 1.54) is 16.2 Å². The third-order valence-electron chi connectivity index (χ3n) is 5.75. The molecular formula is C23H25ClN4O2S. The summed E-state index contributed by atoms with van der Waals surface area (Å²) < 4.78 is 0. The number of pyridine rings is 1. The maximum Gasteiger partial charge on any atom is 0.407 e. The van der Waals surface area contributed by atoms with Gasteiger partial charge in [-0.15, -0.1) is 11.3 Å². The average molecular weight is 457 g/mol. The number of benzene rings is 1. The number of hydrogen-bond donors (Lipinski definition) is 1. The van der Waals surface area contributed by atoms with Crippen molar-refractivity contribution in [2.75, 3.05) is 24.5 Å². The third kappa shape index (κ3) is 5.74. The number of rotatable bonds is 7. The number of aromatic nitrogens is 2. The molecule has 0 aliphatic carbocycles. The van der Waals surface area contributed by atoms with Crippen LogP contribution >= 0.6 is 22.9 Å². The lowest BCUT2D eigenvalue weighted by atomic mass is 9.93. The van der Waals surface area contributed by atoms with E-state index in [0.717, 1.165) is 59.3 Å². The van der Waals surface area contributed by atoms with Gasteiger partial charge in [0, 0.05) is 48.0 Å². The van der Waals surface area contributed by atoms with Crippen LogP contribution in [0.2, 0.25) is 5.02 Å². The highest BCUT2D eigenvalue weighted by Crippen LogP contribution is 2.27. The zero-order valence-corrected chi connectivity index (χ0v) is 18.7. The number of amides is 1. The molecule has 8 heteroatoms. The number of carbonyl (C=O) groups is 1. The number of halogens is 1. The Hall–Kier alpha value is -2.64. The Morgan fingerprint density at radius 2 is 1.87 bits per heavy atom. The third-order valence-corrected chi connectivity index (χ3v) is 6.77. The van der Waals surface area contributed by atoms with Gasteiger partial charge in [-0.3, -0.25) is 0 Å². The van der Waals surface area contributed by atoms with E-state index in [2.05, 4.69) is 27.0 Å². The molecule has 1 fully saturated rings. The molecule has 0 bridgehead atoms. The van der Waals surface area contributed by atoms with E-state index >= 15 is 0 Å². The van der Waals surface area contributed by atoms with Gasteiger partial charge in [-0.05, 0) is 55.0 Å². The fourth-order valence-electron chi connectivity index (χ4n) is 3.91. The van der Waals surface area contributed by atoms with Crippen LogP contribution in [0.5, 0.6) is 0 Å². The summed E-state index contributed by atoms with van der Waals surface area (Å²) in [5.41, 5.74) is 2.17. The Morgan fingerprint density at radius 1 is 1.13 bits per heavy atom. The maximum atomic E-state index is 11.6. The molecule has 0 spiro atoms. The van der Waals surface area contributed by atoms with Gasteiger partial charge in [-0.25, -0.2) is 14.8 Å². The highest BCUT2D eigenvalue weighted by molar-refractivity contribution is 7.09. The molecule has 1 aliphatic rings. The number of nitrogens with zero attached hydrogens (tertiary/aromatic N) is 4. The highest BCUT2D eigenvalue weighted by Gasteiger charge is 2.22. The average Bonchev–Trinajstić information content (AvgIpc) is 3.31. The second kappa shape index (κ2) is 10.1. The van der Waals surface area contributed by atoms with Crippen molar-refractivity contribution >= 4 is 34.8 Å². The van der Waals surface area contributed by atoms with Gasteiger partial charge in [0.25, 0.3) is 0 Å². The fourth-order valence-corrected chi connectivity index (χ4v) is 4.67. The topological polar surface area (TPSA) is 69.6 Å². The van der Waals surface area contributed by atoms with Gasteiger partial charge >= 0.3 is 6.09 Å². The molecule has 162 valence electrons. The molecule has 3 aromatic rings. The van der Waals surface area contributed by atoms with E-state index in [0.29, 0.717) is 19.0 Å². The molecule has 0 radical (unpaired) electrons. The number of piperidine rings is 1. The number of anilines is 1. The first-order chi connectivity index (χ1) is 15.1. The highest BCUT2D eigenvalue weighted by atomic mass is 35.5. The molecule has 1 aromatic carbocycles. The van der Waals surface area contributed by atoms with Crippen LogP contribution in [0, 0.1) is 5.92 Å². The van der Waals surface area contributed by atoms with Crippen LogP contribution in [0.4, 0.5) is 10.6 Å². The van der Waals surface area contributed by atoms with E-state index in [4.69, 9.17) is 11.6 Å². The molecule has 1 amide bonds. The van der Waals surface area contributed by atoms with Gasteiger partial charge in [0.2, 0.25) is 0 Å². The van der Waals surface area contributed by atoms with Crippen LogP contribution in [-0.4, -0.2) is 45.7 Å². The van der Waals surface area contributed by atoms with Gasteiger partial charge in [-0.2, -0.15) is 0 Å². The zero-order valence-electron chi connectivity index (χ0n) is 17.2. The Labute approximate surface area is 191 Å². The molecule has 1 N–H and O–H groups in total. The lowest BCUT2D eigenvalue weighted by molar-refractivity contribution is 0.137. The summed E-state index contributed by atoms with van der Waals surface area (Å²) in [6, 6.07) is 11.9. The summed E-state index contributed by atoms with van der Waals surface area (Å²) in [6.45, 7) is 2.80. The van der Waals surface area contributed by atoms with Crippen LogP contribution < -0.4 is 4.90 Å². The van der Waals surface area contributed by atoms with Crippen molar-refractivity contribution in [2.24, 2.45) is 5.92 Å². The minimum absolute atomic E-state index is 0.371. The second-order valence-electron chi connectivity index (χ2n) is 7.76. The summed E-state index contributed by atoms with van der Waals surface area (Å²) in [5.74, 6) is 1.52. The fraction of sp³-hybridized carbons (Fsp3) is 0.348. The van der Waals surface area contributed by atoms with Crippen molar-refractivity contribution in [1.29, 1.82) is 0 Å². The summed E-state index contributed by atoms with van der Waals surface area (Å²) in [4.78, 5) is 24.2. The molecular weight excluding hydrogens is 432 g/mol. The van der Waals surface area contributed by atoms with Gasteiger partial charge in [0.1, 0.15) is 10.8 Å². The number of hydrogen-bond acceptors (Lipinski definition) is 5. The molecule has 1 aliphatic heterocycles. The van der Waals surface area contributed by atoms with Crippen molar-refractivity contribution in [3.05, 3.63) is 64.2 Å². The summed E-state index contributed by atoms with van der Waals surface area (Å²) in [5, 5.41) is 12.9. The smallest absolute Gasteiger partial charge is 0.407 e. The molecule has 1 saturated heterocycles. The van der Waals surface area contributed by atoms with Crippen molar-refractivity contribution < 1.29 is 9.90 Å². The van der Waals surface area contributed by atoms with E-state index in [9.17, 15) is 9.90 Å². The van der Waals surface area contributed by atoms with Crippen LogP contribution in [0.1, 0.15) is 24.3 Å². The monoisotopic (exact) mass is 456 g/mol. The van der Waals surface area contributed by atoms with Crippen molar-refractivity contribution in [1.82, 2.24) is 14.9 Å². The Balaban J connectivity index is 1.27. The van der Waals surface area contributed by atoms with Gasteiger partial charge in [0.15, 0.2) is 0 Å². The maximum absolute atomic E-state index is 11.6. The molecule has 2 aromatic heterocycles. The Kier molecular flexibility index (Phi) is 7.04. The van der Waals surface area contributed by atoms with Gasteiger partial charge < -0.3 is 14.9 Å². The first-order valence-electron chi connectivity index (χ1n) is 10.4. The minimum atomic E-state index is -0.877. The predicted molar refractivity (Wildman–Crippen MR) is 125 cm³/mol. The summed E-state index contributed by atoms with van der Waals surface area (Å²) in [7, 11) is 0. The number of thiazole rings is 1. The lowest BCUT2D eigenvalue weighted by Crippen LogP contribution is -2.36. The van der Waals surface area contributed by atoms with E-state index in [-0.39, 0.29) is 0 Å². The molecule has 3 heterocycles. The largest absolute Gasteiger partial charge is 0.465 e. The molecule has 4 rings (SSSR count). The Morgan fingerprint density at radius 3 is 2.48 bits per heavy atom. The first-order valence-corrected chi connectivity index (χ1v) is 11.7. The quantitative estimate of drug-likeness (QED) is 0.497. The first kappa shape index (κ1) is 21.6. The second-order valence-corrected chi connectivity index (χ2v) is 9.18. The van der Waals surface area contributed by atoms with E-state index < -0.39 is 6.09 Å². The van der Waals surface area contributed by atoms with Gasteiger partial charge in [-0.1, -0.05) is 23.7 Å². The standard InChI is InChI=1S/C23H25ClN4O2S/c24-20-4-1-18(2-5-20)19-3-6-21(26-15-19)27-11-7-17(8-12-27)9-13-28(23(29)30)16-22-25-10-14-31-22/h1-6,10,14-15,17H,7-9,11-13,16H2,(H,29,30). The molecule has 0 saturated carbocycles. The van der Waals surface area contributed by atoms with Crippen LogP contribution in [0.3, 0.4) is 0 Å². The SMILES string of the molecule is O=C(O)N(CCC1CCN(c2ccc(-c3ccc(Cl)cc3)cn2)CC1)Cc1nccs1. The normalized spacial score (nSPS) is 14.5. The van der Waals surface area contributed by atoms with Crippen LogP contribution in [-0.2, 0) is 6.54 Å². The predicted octanol–water partition coefficient (Wildman–Crippen LogP) is 5.65. The molecule has 6 nitrogen and oxygen atoms in total. The van der Waals surface area contributed by atoms with Crippen molar-refractivity contribution in [3.63, 3.8) is 0 Å². The van der Waals surface area contributed by atoms with E-state index in [1.54, 1.807) is 6.20 Å². The molecule has 31 heavy (non-hydrogen) atoms. The summed E-state index contributed by atoms with van der Waals surface area (Å²) >= 11 is 7.46. The van der Waals surface area contributed by atoms with Crippen LogP contribution in [0.15, 0.2) is 54.2 Å².